The number of nitrogens with one attached hydrogen (secondary N) is 3. The molecule has 0 atom stereocenters. The van der Waals surface area contributed by atoms with Gasteiger partial charge in [0.15, 0.2) is 0 Å². The third-order valence-electron chi connectivity index (χ3n) is 3.34. The molecule has 5 nitrogen and oxygen atoms in total. The Labute approximate surface area is 146 Å². The predicted molar refractivity (Wildman–Crippen MR) is 96.1 cm³/mol. The molecule has 0 aliphatic heterocycles. The Bertz CT molecular complexity index is 684. The average Bonchev–Trinajstić information content (AvgIpc) is 2.55. The molecule has 2 rings (SSSR count). The summed E-state index contributed by atoms with van der Waals surface area (Å²) < 4.78 is 0. The van der Waals surface area contributed by atoms with Crippen LogP contribution >= 0.6 is 11.6 Å². The number of amides is 3. The summed E-state index contributed by atoms with van der Waals surface area (Å²) >= 11 is 5.82. The summed E-state index contributed by atoms with van der Waals surface area (Å²) in [6.45, 7) is 2.46. The van der Waals surface area contributed by atoms with E-state index in [2.05, 4.69) is 16.0 Å². The lowest BCUT2D eigenvalue weighted by atomic mass is 10.1. The molecule has 2 aromatic carbocycles. The van der Waals surface area contributed by atoms with Crippen molar-refractivity contribution in [3.05, 3.63) is 64.7 Å². The fraction of sp³-hybridized carbons (Fsp3) is 0.222. The van der Waals surface area contributed by atoms with Crippen molar-refractivity contribution in [2.45, 2.75) is 19.9 Å². The van der Waals surface area contributed by atoms with Crippen LogP contribution in [0.15, 0.2) is 48.5 Å². The summed E-state index contributed by atoms with van der Waals surface area (Å²) in [6, 6.07) is 14.7. The van der Waals surface area contributed by atoms with E-state index in [-0.39, 0.29) is 11.9 Å². The largest absolute Gasteiger partial charge is 0.338 e. The molecule has 0 aliphatic carbocycles. The van der Waals surface area contributed by atoms with Crippen molar-refractivity contribution in [2.75, 3.05) is 11.9 Å². The van der Waals surface area contributed by atoms with E-state index in [1.807, 2.05) is 36.4 Å². The van der Waals surface area contributed by atoms with Gasteiger partial charge in [-0.2, -0.15) is 0 Å². The summed E-state index contributed by atoms with van der Waals surface area (Å²) in [6.07, 6.45) is 0.717. The van der Waals surface area contributed by atoms with E-state index >= 15 is 0 Å². The van der Waals surface area contributed by atoms with Gasteiger partial charge >= 0.3 is 6.03 Å². The second kappa shape index (κ2) is 8.93. The van der Waals surface area contributed by atoms with E-state index in [0.29, 0.717) is 24.5 Å². The summed E-state index contributed by atoms with van der Waals surface area (Å²) in [4.78, 5) is 22.7. The van der Waals surface area contributed by atoms with E-state index in [4.69, 9.17) is 11.6 Å². The molecule has 0 bridgehead atoms. The third kappa shape index (κ3) is 6.30. The fourth-order valence-corrected chi connectivity index (χ4v) is 2.25. The molecule has 2 aromatic rings. The maximum absolute atomic E-state index is 11.8. The second-order valence-electron chi connectivity index (χ2n) is 5.36. The van der Waals surface area contributed by atoms with Gasteiger partial charge in [-0.05, 0) is 41.8 Å². The number of carbonyl (C=O) groups excluding carboxylic acids is 2. The highest BCUT2D eigenvalue weighted by atomic mass is 35.5. The van der Waals surface area contributed by atoms with Crippen LogP contribution in [0.5, 0.6) is 0 Å². The Hall–Kier alpha value is -2.53. The van der Waals surface area contributed by atoms with Crippen LogP contribution < -0.4 is 16.0 Å². The van der Waals surface area contributed by atoms with Gasteiger partial charge < -0.3 is 16.0 Å². The van der Waals surface area contributed by atoms with Crippen LogP contribution in [0.25, 0.3) is 0 Å². The number of hydrogen-bond acceptors (Lipinski definition) is 2. The Kier molecular flexibility index (Phi) is 6.63. The third-order valence-corrected chi connectivity index (χ3v) is 3.59. The maximum Gasteiger partial charge on any atom is 0.315 e. The van der Waals surface area contributed by atoms with Crippen molar-refractivity contribution in [3.8, 4) is 0 Å². The van der Waals surface area contributed by atoms with Crippen LogP contribution in [0, 0.1) is 0 Å². The van der Waals surface area contributed by atoms with Crippen molar-refractivity contribution in [2.24, 2.45) is 0 Å². The molecular weight excluding hydrogens is 326 g/mol. The Balaban J connectivity index is 1.68. The average molecular weight is 346 g/mol. The molecule has 3 amide bonds. The van der Waals surface area contributed by atoms with Crippen molar-refractivity contribution in [1.29, 1.82) is 0 Å². The van der Waals surface area contributed by atoms with Crippen LogP contribution in [-0.4, -0.2) is 18.5 Å². The standard InChI is InChI=1S/C18H20ClN3O2/c1-13(23)22-17-8-4-14(5-9-17)10-11-20-18(24)21-12-15-2-6-16(19)7-3-15/h2-9H,10-12H2,1H3,(H,22,23)(H2,20,21,24). The molecule has 0 unspecified atom stereocenters. The number of halogens is 1. The zero-order valence-corrected chi connectivity index (χ0v) is 14.2. The van der Waals surface area contributed by atoms with E-state index in [1.54, 1.807) is 12.1 Å². The van der Waals surface area contributed by atoms with Gasteiger partial charge in [0.05, 0.1) is 0 Å². The summed E-state index contributed by atoms with van der Waals surface area (Å²) in [5.74, 6) is -0.0956. The Morgan fingerprint density at radius 1 is 0.917 bits per heavy atom. The number of carbonyl (C=O) groups is 2. The molecule has 0 spiro atoms. The minimum Gasteiger partial charge on any atom is -0.338 e. The molecule has 6 heteroatoms. The van der Waals surface area contributed by atoms with Crippen LogP contribution in [0.1, 0.15) is 18.1 Å². The molecule has 0 saturated carbocycles. The highest BCUT2D eigenvalue weighted by Gasteiger charge is 2.01. The van der Waals surface area contributed by atoms with Crippen LogP contribution in [0.2, 0.25) is 5.02 Å². The second-order valence-corrected chi connectivity index (χ2v) is 5.80. The van der Waals surface area contributed by atoms with Crippen LogP contribution in [0.3, 0.4) is 0 Å². The smallest absolute Gasteiger partial charge is 0.315 e. The minimum atomic E-state index is -0.209. The molecule has 0 fully saturated rings. The van der Waals surface area contributed by atoms with Crippen LogP contribution in [-0.2, 0) is 17.8 Å². The quantitative estimate of drug-likeness (QED) is 0.751. The first-order valence-electron chi connectivity index (χ1n) is 7.65. The van der Waals surface area contributed by atoms with Crippen molar-refractivity contribution >= 4 is 29.2 Å². The summed E-state index contributed by atoms with van der Waals surface area (Å²) in [5.41, 5.74) is 2.84. The van der Waals surface area contributed by atoms with Gasteiger partial charge in [0.2, 0.25) is 5.91 Å². The normalized spacial score (nSPS) is 10.1. The summed E-state index contributed by atoms with van der Waals surface area (Å²) in [7, 11) is 0. The van der Waals surface area contributed by atoms with Gasteiger partial charge in [0, 0.05) is 30.7 Å². The van der Waals surface area contributed by atoms with E-state index in [9.17, 15) is 9.59 Å². The molecular formula is C18H20ClN3O2. The lowest BCUT2D eigenvalue weighted by Crippen LogP contribution is -2.36. The van der Waals surface area contributed by atoms with E-state index < -0.39 is 0 Å². The highest BCUT2D eigenvalue weighted by molar-refractivity contribution is 6.30. The fourth-order valence-electron chi connectivity index (χ4n) is 2.13. The monoisotopic (exact) mass is 345 g/mol. The molecule has 24 heavy (non-hydrogen) atoms. The first-order chi connectivity index (χ1) is 11.5. The predicted octanol–water partition coefficient (Wildman–Crippen LogP) is 3.34. The topological polar surface area (TPSA) is 70.2 Å². The van der Waals surface area contributed by atoms with Gasteiger partial charge in [-0.3, -0.25) is 4.79 Å². The summed E-state index contributed by atoms with van der Waals surface area (Å²) in [5, 5.41) is 9.00. The number of rotatable bonds is 6. The van der Waals surface area contributed by atoms with Gasteiger partial charge in [-0.15, -0.1) is 0 Å². The molecule has 0 radical (unpaired) electrons. The lowest BCUT2D eigenvalue weighted by Gasteiger charge is -2.08. The van der Waals surface area contributed by atoms with E-state index in [1.165, 1.54) is 6.92 Å². The molecule has 3 N–H and O–H groups in total. The first kappa shape index (κ1) is 17.8. The SMILES string of the molecule is CC(=O)Nc1ccc(CCNC(=O)NCc2ccc(Cl)cc2)cc1. The van der Waals surface area contributed by atoms with Crippen LogP contribution in [0.4, 0.5) is 10.5 Å². The van der Waals surface area contributed by atoms with Crippen molar-refractivity contribution in [3.63, 3.8) is 0 Å². The molecule has 0 aromatic heterocycles. The molecule has 126 valence electrons. The Morgan fingerprint density at radius 3 is 2.17 bits per heavy atom. The Morgan fingerprint density at radius 2 is 1.54 bits per heavy atom. The molecule has 0 aliphatic rings. The first-order valence-corrected chi connectivity index (χ1v) is 8.03. The van der Waals surface area contributed by atoms with Crippen molar-refractivity contribution < 1.29 is 9.59 Å². The van der Waals surface area contributed by atoms with Gasteiger partial charge in [-0.25, -0.2) is 4.79 Å². The van der Waals surface area contributed by atoms with E-state index in [0.717, 1.165) is 16.8 Å². The zero-order chi connectivity index (χ0) is 17.4. The number of benzene rings is 2. The zero-order valence-electron chi connectivity index (χ0n) is 13.4. The van der Waals surface area contributed by atoms with Gasteiger partial charge in [0.25, 0.3) is 0 Å². The number of urea groups is 1. The number of anilines is 1. The highest BCUT2D eigenvalue weighted by Crippen LogP contribution is 2.10. The van der Waals surface area contributed by atoms with Gasteiger partial charge in [0.1, 0.15) is 0 Å². The molecule has 0 saturated heterocycles. The lowest BCUT2D eigenvalue weighted by molar-refractivity contribution is -0.114. The van der Waals surface area contributed by atoms with Crippen molar-refractivity contribution in [1.82, 2.24) is 10.6 Å². The maximum atomic E-state index is 11.8. The minimum absolute atomic E-state index is 0.0956. The number of hydrogen-bond donors (Lipinski definition) is 3. The van der Waals surface area contributed by atoms with Gasteiger partial charge in [-0.1, -0.05) is 35.9 Å². The molecule has 0 heterocycles.